The van der Waals surface area contributed by atoms with E-state index >= 15 is 0 Å². The van der Waals surface area contributed by atoms with Gasteiger partial charge in [-0.05, 0) is 37.3 Å². The predicted octanol–water partition coefficient (Wildman–Crippen LogP) is 3.70. The molecule has 1 atom stereocenters. The van der Waals surface area contributed by atoms with Crippen LogP contribution in [-0.4, -0.2) is 35.2 Å². The average molecular weight is 418 g/mol. The molecule has 1 aliphatic heterocycles. The van der Waals surface area contributed by atoms with Gasteiger partial charge in [-0.25, -0.2) is 27.7 Å². The smallest absolute Gasteiger partial charge is 0.271 e. The molecule has 0 bridgehead atoms. The minimum absolute atomic E-state index is 0.180. The molecule has 3 heterocycles. The monoisotopic (exact) mass is 418 g/mol. The van der Waals surface area contributed by atoms with Crippen LogP contribution in [0.25, 0.3) is 11.0 Å². The molecule has 2 aromatic carbocycles. The van der Waals surface area contributed by atoms with E-state index in [1.54, 1.807) is 54.7 Å². The first-order valence-corrected chi connectivity index (χ1v) is 10.8. The summed E-state index contributed by atoms with van der Waals surface area (Å²) in [5.74, 6) is 0.961. The van der Waals surface area contributed by atoms with Crippen LogP contribution in [0.4, 0.5) is 17.2 Å². The molecular formula is C21H18N6O2S. The van der Waals surface area contributed by atoms with E-state index in [1.807, 2.05) is 19.1 Å². The highest BCUT2D eigenvalue weighted by molar-refractivity contribution is 7.93. The van der Waals surface area contributed by atoms with Gasteiger partial charge in [-0.3, -0.25) is 0 Å². The van der Waals surface area contributed by atoms with Crippen molar-refractivity contribution in [3.05, 3.63) is 73.2 Å². The zero-order chi connectivity index (χ0) is 20.7. The summed E-state index contributed by atoms with van der Waals surface area (Å²) in [6.07, 6.45) is 3.24. The molecule has 0 spiro atoms. The van der Waals surface area contributed by atoms with Gasteiger partial charge in [0.15, 0.2) is 0 Å². The number of hydrogen-bond donors (Lipinski definition) is 2. The normalized spacial score (nSPS) is 16.0. The van der Waals surface area contributed by atoms with Crippen LogP contribution in [0.5, 0.6) is 0 Å². The van der Waals surface area contributed by atoms with Crippen molar-refractivity contribution < 1.29 is 8.42 Å². The van der Waals surface area contributed by atoms with Gasteiger partial charge in [0.25, 0.3) is 10.0 Å². The van der Waals surface area contributed by atoms with Gasteiger partial charge in [-0.15, -0.1) is 0 Å². The number of nitrogens with zero attached hydrogens (tertiary/aromatic N) is 4. The molecule has 0 saturated carbocycles. The summed E-state index contributed by atoms with van der Waals surface area (Å²) in [6, 6.07) is 17.1. The van der Waals surface area contributed by atoms with Crippen molar-refractivity contribution >= 4 is 44.1 Å². The average Bonchev–Trinajstić information content (AvgIpc) is 3.24. The van der Waals surface area contributed by atoms with E-state index < -0.39 is 16.1 Å². The Kier molecular flexibility index (Phi) is 4.25. The summed E-state index contributed by atoms with van der Waals surface area (Å²) in [5.41, 5.74) is 1.64. The van der Waals surface area contributed by atoms with Gasteiger partial charge in [-0.1, -0.05) is 30.3 Å². The van der Waals surface area contributed by atoms with Gasteiger partial charge in [0.2, 0.25) is 0 Å². The van der Waals surface area contributed by atoms with Crippen molar-refractivity contribution in [2.75, 3.05) is 9.62 Å². The minimum atomic E-state index is -3.83. The number of anilines is 2. The number of H-pyrrole nitrogens is 1. The van der Waals surface area contributed by atoms with Crippen LogP contribution in [0.15, 0.2) is 83.1 Å². The van der Waals surface area contributed by atoms with Crippen LogP contribution >= 0.6 is 0 Å². The van der Waals surface area contributed by atoms with E-state index in [0.29, 0.717) is 28.7 Å². The molecule has 30 heavy (non-hydrogen) atoms. The Labute approximate surface area is 173 Å². The first-order valence-electron chi connectivity index (χ1n) is 9.38. The fourth-order valence-electron chi connectivity index (χ4n) is 3.52. The number of nitrogens with one attached hydrogen (secondary N) is 2. The molecule has 8 nitrogen and oxygen atoms in total. The molecule has 150 valence electrons. The van der Waals surface area contributed by atoms with Crippen LogP contribution < -0.4 is 9.62 Å². The molecule has 0 fully saturated rings. The van der Waals surface area contributed by atoms with Gasteiger partial charge in [0, 0.05) is 6.20 Å². The summed E-state index contributed by atoms with van der Waals surface area (Å²) in [6.45, 7) is 1.86. The maximum atomic E-state index is 13.5. The van der Waals surface area contributed by atoms with Crippen LogP contribution in [-0.2, 0) is 10.0 Å². The third kappa shape index (κ3) is 2.91. The van der Waals surface area contributed by atoms with Crippen molar-refractivity contribution in [1.82, 2.24) is 15.0 Å². The third-order valence-corrected chi connectivity index (χ3v) is 6.69. The van der Waals surface area contributed by atoms with Crippen molar-refractivity contribution in [3.8, 4) is 0 Å². The molecule has 2 N–H and O–H groups in total. The second-order valence-corrected chi connectivity index (χ2v) is 8.63. The highest BCUT2D eigenvalue weighted by Gasteiger charge is 2.37. The summed E-state index contributed by atoms with van der Waals surface area (Å²) in [4.78, 5) is 16.5. The minimum Gasteiger partial charge on any atom is -0.360 e. The molecule has 0 amide bonds. The summed E-state index contributed by atoms with van der Waals surface area (Å²) < 4.78 is 28.4. The van der Waals surface area contributed by atoms with E-state index in [0.717, 1.165) is 5.39 Å². The summed E-state index contributed by atoms with van der Waals surface area (Å²) in [5, 5.41) is 4.12. The highest BCUT2D eigenvalue weighted by Crippen LogP contribution is 2.36. The van der Waals surface area contributed by atoms with Crippen molar-refractivity contribution in [2.45, 2.75) is 17.9 Å². The number of para-hydroxylation sites is 2. The van der Waals surface area contributed by atoms with E-state index in [-0.39, 0.29) is 4.90 Å². The Balaban J connectivity index is 1.64. The van der Waals surface area contributed by atoms with Crippen LogP contribution in [0, 0.1) is 0 Å². The Hall–Kier alpha value is -3.72. The molecule has 1 aliphatic rings. The van der Waals surface area contributed by atoms with Gasteiger partial charge in [0.05, 0.1) is 22.8 Å². The van der Waals surface area contributed by atoms with E-state index in [9.17, 15) is 8.42 Å². The molecule has 1 unspecified atom stereocenters. The predicted molar refractivity (Wildman–Crippen MR) is 117 cm³/mol. The zero-order valence-electron chi connectivity index (χ0n) is 16.0. The van der Waals surface area contributed by atoms with Crippen LogP contribution in [0.2, 0.25) is 0 Å². The molecule has 2 aromatic heterocycles. The fraction of sp³-hybridized carbons (Fsp3) is 0.0952. The molecule has 9 heteroatoms. The number of sulfonamides is 1. The molecule has 5 rings (SSSR count). The van der Waals surface area contributed by atoms with Gasteiger partial charge < -0.3 is 10.3 Å². The Morgan fingerprint density at radius 1 is 1.00 bits per heavy atom. The number of amidine groups is 1. The quantitative estimate of drug-likeness (QED) is 0.526. The molecule has 0 aliphatic carbocycles. The van der Waals surface area contributed by atoms with Crippen molar-refractivity contribution in [2.24, 2.45) is 4.99 Å². The lowest BCUT2D eigenvalue weighted by molar-refractivity contribution is 0.596. The second kappa shape index (κ2) is 6.96. The molecular weight excluding hydrogens is 400 g/mol. The largest absolute Gasteiger partial charge is 0.360 e. The van der Waals surface area contributed by atoms with Gasteiger partial charge in [-0.2, -0.15) is 0 Å². The number of rotatable bonds is 4. The van der Waals surface area contributed by atoms with Gasteiger partial charge >= 0.3 is 0 Å². The van der Waals surface area contributed by atoms with Crippen LogP contribution in [0.1, 0.15) is 6.92 Å². The third-order valence-electron chi connectivity index (χ3n) is 4.91. The SMILES string of the molecule is CC(Nc1ncnc2[nH]ccc12)C1=Nc2ccccc2S(=O)(=O)N1c1ccccc1. The Bertz CT molecular complexity index is 1360. The lowest BCUT2D eigenvalue weighted by Gasteiger charge is -2.33. The van der Waals surface area contributed by atoms with E-state index in [2.05, 4.69) is 20.3 Å². The standard InChI is InChI=1S/C21H18N6O2S/c1-14(25-20-16-11-12-22-19(16)23-13-24-20)21-26-17-9-5-6-10-18(17)30(28,29)27(21)15-7-3-2-4-8-15/h2-14H,1H3,(H2,22,23,24,25). The molecule has 4 aromatic rings. The number of aromatic amines is 1. The van der Waals surface area contributed by atoms with E-state index in [4.69, 9.17) is 4.99 Å². The maximum Gasteiger partial charge on any atom is 0.271 e. The summed E-state index contributed by atoms with van der Waals surface area (Å²) in [7, 11) is -3.83. The Morgan fingerprint density at radius 2 is 1.77 bits per heavy atom. The zero-order valence-corrected chi connectivity index (χ0v) is 16.8. The lowest BCUT2D eigenvalue weighted by Crippen LogP contribution is -2.47. The number of aliphatic imine (C=N–C) groups is 1. The topological polar surface area (TPSA) is 103 Å². The molecule has 0 radical (unpaired) electrons. The highest BCUT2D eigenvalue weighted by atomic mass is 32.2. The lowest BCUT2D eigenvalue weighted by atomic mass is 10.2. The maximum absolute atomic E-state index is 13.5. The fourth-order valence-corrected chi connectivity index (χ4v) is 5.19. The number of hydrogen-bond acceptors (Lipinski definition) is 6. The number of benzene rings is 2. The van der Waals surface area contributed by atoms with Gasteiger partial charge in [0.1, 0.15) is 28.5 Å². The first kappa shape index (κ1) is 18.3. The molecule has 0 saturated heterocycles. The second-order valence-electron chi connectivity index (χ2n) is 6.87. The Morgan fingerprint density at radius 3 is 2.60 bits per heavy atom. The van der Waals surface area contributed by atoms with Crippen molar-refractivity contribution in [1.29, 1.82) is 0 Å². The summed E-state index contributed by atoms with van der Waals surface area (Å²) >= 11 is 0. The number of fused-ring (bicyclic) bond motifs is 2. The first-order chi connectivity index (χ1) is 14.6. The van der Waals surface area contributed by atoms with E-state index in [1.165, 1.54) is 10.6 Å². The van der Waals surface area contributed by atoms with Crippen molar-refractivity contribution in [3.63, 3.8) is 0 Å². The number of aromatic nitrogens is 3. The van der Waals surface area contributed by atoms with Crippen LogP contribution in [0.3, 0.4) is 0 Å².